The lowest BCUT2D eigenvalue weighted by Gasteiger charge is -2.25. The Kier molecular flexibility index (Phi) is 4.53. The Morgan fingerprint density at radius 1 is 1.10 bits per heavy atom. The molecule has 0 heterocycles. The topological polar surface area (TPSA) is 46.3 Å². The van der Waals surface area contributed by atoms with Crippen LogP contribution in [-0.4, -0.2) is 17.9 Å². The number of hydrogen-bond acceptors (Lipinski definition) is 2. The molecule has 0 aliphatic carbocycles. The van der Waals surface area contributed by atoms with Gasteiger partial charge in [0.1, 0.15) is 0 Å². The van der Waals surface area contributed by atoms with Crippen molar-refractivity contribution in [3.63, 3.8) is 0 Å². The fraction of sp³-hybridized carbons (Fsp3) is 0.235. The maximum absolute atomic E-state index is 12.5. The van der Waals surface area contributed by atoms with E-state index >= 15 is 0 Å². The van der Waals surface area contributed by atoms with Crippen LogP contribution in [0.3, 0.4) is 0 Å². The van der Waals surface area contributed by atoms with Crippen LogP contribution in [0, 0.1) is 0 Å². The van der Waals surface area contributed by atoms with E-state index in [1.807, 2.05) is 68.6 Å². The van der Waals surface area contributed by atoms with Gasteiger partial charge in [-0.2, -0.15) is 0 Å². The quantitative estimate of drug-likeness (QED) is 0.926. The average Bonchev–Trinajstić information content (AvgIpc) is 2.53. The van der Waals surface area contributed by atoms with Crippen molar-refractivity contribution in [1.29, 1.82) is 0 Å². The molecular weight excluding hydrogens is 248 g/mol. The van der Waals surface area contributed by atoms with Crippen molar-refractivity contribution in [1.82, 2.24) is 4.90 Å². The molecule has 2 N–H and O–H groups in total. The molecule has 1 atom stereocenters. The van der Waals surface area contributed by atoms with Gasteiger partial charge >= 0.3 is 0 Å². The zero-order valence-electron chi connectivity index (χ0n) is 11.9. The summed E-state index contributed by atoms with van der Waals surface area (Å²) in [5, 5.41) is 0. The number of nitrogens with two attached hydrogens (primary N) is 1. The molecule has 0 radical (unpaired) electrons. The Morgan fingerprint density at radius 2 is 1.70 bits per heavy atom. The smallest absolute Gasteiger partial charge is 0.254 e. The molecule has 0 aromatic heterocycles. The summed E-state index contributed by atoms with van der Waals surface area (Å²) in [6.07, 6.45) is 0. The number of nitrogens with zero attached hydrogens (tertiary/aromatic N) is 1. The lowest BCUT2D eigenvalue weighted by atomic mass is 10.1. The van der Waals surface area contributed by atoms with Crippen molar-refractivity contribution in [2.24, 2.45) is 5.73 Å². The Balaban J connectivity index is 2.15. The van der Waals surface area contributed by atoms with Crippen molar-refractivity contribution in [3.05, 3.63) is 71.3 Å². The zero-order chi connectivity index (χ0) is 14.5. The number of benzene rings is 2. The van der Waals surface area contributed by atoms with E-state index in [-0.39, 0.29) is 11.9 Å². The van der Waals surface area contributed by atoms with Gasteiger partial charge in [0.25, 0.3) is 5.91 Å². The fourth-order valence-corrected chi connectivity index (χ4v) is 2.12. The predicted molar refractivity (Wildman–Crippen MR) is 81.3 cm³/mol. The molecule has 0 saturated heterocycles. The summed E-state index contributed by atoms with van der Waals surface area (Å²) in [6.45, 7) is 2.52. The molecule has 104 valence electrons. The van der Waals surface area contributed by atoms with Crippen molar-refractivity contribution in [2.45, 2.75) is 19.5 Å². The maximum Gasteiger partial charge on any atom is 0.254 e. The number of carbonyl (C=O) groups excluding carboxylic acids is 1. The highest BCUT2D eigenvalue weighted by atomic mass is 16.2. The first-order chi connectivity index (χ1) is 9.63. The minimum atomic E-state index is 0.0184. The van der Waals surface area contributed by atoms with Crippen LogP contribution in [-0.2, 0) is 6.54 Å². The summed E-state index contributed by atoms with van der Waals surface area (Å²) in [4.78, 5) is 14.2. The lowest BCUT2D eigenvalue weighted by Crippen LogP contribution is -2.29. The summed E-state index contributed by atoms with van der Waals surface area (Å²) in [5.41, 5.74) is 8.41. The molecule has 1 amide bonds. The molecule has 2 rings (SSSR count). The fourth-order valence-electron chi connectivity index (χ4n) is 2.12. The highest BCUT2D eigenvalue weighted by molar-refractivity contribution is 5.94. The van der Waals surface area contributed by atoms with Gasteiger partial charge in [-0.15, -0.1) is 0 Å². The van der Waals surface area contributed by atoms with Gasteiger partial charge in [-0.25, -0.2) is 0 Å². The monoisotopic (exact) mass is 268 g/mol. The van der Waals surface area contributed by atoms with Crippen LogP contribution in [0.2, 0.25) is 0 Å². The molecule has 1 unspecified atom stereocenters. The first kappa shape index (κ1) is 14.3. The Morgan fingerprint density at radius 3 is 2.25 bits per heavy atom. The van der Waals surface area contributed by atoms with Crippen molar-refractivity contribution in [3.8, 4) is 0 Å². The second-order valence-corrected chi connectivity index (χ2v) is 4.90. The molecule has 2 aromatic carbocycles. The third kappa shape index (κ3) is 3.06. The van der Waals surface area contributed by atoms with Crippen LogP contribution in [0.5, 0.6) is 0 Å². The van der Waals surface area contributed by atoms with Crippen molar-refractivity contribution in [2.75, 3.05) is 7.05 Å². The SMILES string of the molecule is CC(c1ccccc1)N(C)C(=O)c1ccc(CN)cc1. The largest absolute Gasteiger partial charge is 0.335 e. The van der Waals surface area contributed by atoms with Gasteiger partial charge in [0.2, 0.25) is 0 Å². The van der Waals surface area contributed by atoms with Crippen LogP contribution in [0.15, 0.2) is 54.6 Å². The van der Waals surface area contributed by atoms with Gasteiger partial charge in [-0.3, -0.25) is 4.79 Å². The zero-order valence-corrected chi connectivity index (χ0v) is 11.9. The third-order valence-corrected chi connectivity index (χ3v) is 3.62. The second kappa shape index (κ2) is 6.35. The van der Waals surface area contributed by atoms with Crippen LogP contribution in [0.25, 0.3) is 0 Å². The average molecular weight is 268 g/mol. The van der Waals surface area contributed by atoms with E-state index in [2.05, 4.69) is 0 Å². The molecule has 0 aliphatic rings. The minimum Gasteiger partial charge on any atom is -0.335 e. The van der Waals surface area contributed by atoms with Gasteiger partial charge in [-0.1, -0.05) is 42.5 Å². The molecule has 0 fully saturated rings. The third-order valence-electron chi connectivity index (χ3n) is 3.62. The molecule has 0 spiro atoms. The molecule has 3 nitrogen and oxygen atoms in total. The molecular formula is C17H20N2O. The number of amides is 1. The second-order valence-electron chi connectivity index (χ2n) is 4.90. The summed E-state index contributed by atoms with van der Waals surface area (Å²) in [6, 6.07) is 17.5. The summed E-state index contributed by atoms with van der Waals surface area (Å²) in [7, 11) is 1.83. The minimum absolute atomic E-state index is 0.0184. The van der Waals surface area contributed by atoms with Crippen LogP contribution in [0.4, 0.5) is 0 Å². The number of rotatable bonds is 4. The first-order valence-corrected chi connectivity index (χ1v) is 6.74. The predicted octanol–water partition coefficient (Wildman–Crippen LogP) is 2.98. The van der Waals surface area contributed by atoms with E-state index in [1.54, 1.807) is 4.90 Å². The number of carbonyl (C=O) groups is 1. The molecule has 0 aliphatic heterocycles. The van der Waals surface area contributed by atoms with E-state index in [4.69, 9.17) is 5.73 Å². The van der Waals surface area contributed by atoms with Gasteiger partial charge in [0, 0.05) is 19.2 Å². The maximum atomic E-state index is 12.5. The first-order valence-electron chi connectivity index (χ1n) is 6.74. The Labute approximate surface area is 120 Å². The van der Waals surface area contributed by atoms with Gasteiger partial charge < -0.3 is 10.6 Å². The van der Waals surface area contributed by atoms with E-state index < -0.39 is 0 Å². The summed E-state index contributed by atoms with van der Waals surface area (Å²) < 4.78 is 0. The van der Waals surface area contributed by atoms with Gasteiger partial charge in [0.15, 0.2) is 0 Å². The standard InChI is InChI=1S/C17H20N2O/c1-13(15-6-4-3-5-7-15)19(2)17(20)16-10-8-14(12-18)9-11-16/h3-11,13H,12,18H2,1-2H3. The van der Waals surface area contributed by atoms with Crippen molar-refractivity contribution < 1.29 is 4.79 Å². The Hall–Kier alpha value is -2.13. The lowest BCUT2D eigenvalue weighted by molar-refractivity contribution is 0.0742. The van der Waals surface area contributed by atoms with E-state index in [1.165, 1.54) is 0 Å². The van der Waals surface area contributed by atoms with E-state index in [9.17, 15) is 4.79 Å². The van der Waals surface area contributed by atoms with Crippen LogP contribution in [0.1, 0.15) is 34.5 Å². The van der Waals surface area contributed by atoms with Crippen molar-refractivity contribution >= 4 is 5.91 Å². The highest BCUT2D eigenvalue weighted by Gasteiger charge is 2.18. The van der Waals surface area contributed by atoms with Crippen LogP contribution < -0.4 is 5.73 Å². The highest BCUT2D eigenvalue weighted by Crippen LogP contribution is 2.20. The Bertz CT molecular complexity index is 563. The van der Waals surface area contributed by atoms with Crippen LogP contribution >= 0.6 is 0 Å². The summed E-state index contributed by atoms with van der Waals surface area (Å²) >= 11 is 0. The molecule has 0 bridgehead atoms. The molecule has 3 heteroatoms. The van der Waals surface area contributed by atoms with Gasteiger partial charge in [-0.05, 0) is 30.2 Å². The molecule has 2 aromatic rings. The molecule has 20 heavy (non-hydrogen) atoms. The normalized spacial score (nSPS) is 11.9. The summed E-state index contributed by atoms with van der Waals surface area (Å²) in [5.74, 6) is 0.0184. The number of hydrogen-bond donors (Lipinski definition) is 1. The molecule has 0 saturated carbocycles. The van der Waals surface area contributed by atoms with E-state index in [0.717, 1.165) is 11.1 Å². The van der Waals surface area contributed by atoms with E-state index in [0.29, 0.717) is 12.1 Å². The van der Waals surface area contributed by atoms with Gasteiger partial charge in [0.05, 0.1) is 6.04 Å².